The first kappa shape index (κ1) is 30.6. The third kappa shape index (κ3) is 6.73. The molecule has 4 fully saturated rings. The fourth-order valence-corrected chi connectivity index (χ4v) is 7.01. The number of aryl methyl sites for hydroxylation is 1. The van der Waals surface area contributed by atoms with Crippen LogP contribution in [0.5, 0.6) is 11.6 Å². The van der Waals surface area contributed by atoms with Crippen LogP contribution in [0.3, 0.4) is 0 Å². The average molecular weight is 628 g/mol. The molecule has 1 N–H and O–H groups in total. The molecule has 1 atom stereocenters. The molecule has 4 aliphatic rings. The summed E-state index contributed by atoms with van der Waals surface area (Å²) >= 11 is 0. The number of benzene rings is 2. The maximum absolute atomic E-state index is 14.8. The van der Waals surface area contributed by atoms with Crippen molar-refractivity contribution in [3.05, 3.63) is 88.9 Å². The fourth-order valence-electron chi connectivity index (χ4n) is 7.01. The van der Waals surface area contributed by atoms with Crippen LogP contribution in [-0.4, -0.2) is 82.6 Å². The molecule has 1 aromatic heterocycles. The van der Waals surface area contributed by atoms with Crippen LogP contribution in [0.25, 0.3) is 0 Å². The van der Waals surface area contributed by atoms with Gasteiger partial charge in [0.15, 0.2) is 11.6 Å². The third-order valence-electron chi connectivity index (χ3n) is 9.82. The molecule has 7 rings (SSSR count). The maximum atomic E-state index is 14.8. The standard InChI is InChI=1S/C36H42FN5O4/c1-24-27(8-12-34(38-24)46-33-11-7-26(21-31(33)37)35(43)39-28-9-10-28)22-40-17-13-30(14-18-40)42-32(25-5-3-2-4-6-25)23-41(36(42)44)29-15-19-45-20-16-29/h2-8,11-12,21,28-30,32H,9-10,13-20,22-23H2,1H3,(H,39,43)/t32-/m0/s1. The summed E-state index contributed by atoms with van der Waals surface area (Å²) in [5.74, 6) is -0.528. The second-order valence-electron chi connectivity index (χ2n) is 13.0. The van der Waals surface area contributed by atoms with E-state index in [1.54, 1.807) is 12.1 Å². The Morgan fingerprint density at radius 2 is 1.74 bits per heavy atom. The van der Waals surface area contributed by atoms with Crippen molar-refractivity contribution < 1.29 is 23.5 Å². The zero-order valence-corrected chi connectivity index (χ0v) is 26.4. The summed E-state index contributed by atoms with van der Waals surface area (Å²) in [5, 5.41) is 2.87. The normalized spacial score (nSPS) is 21.5. The predicted molar refractivity (Wildman–Crippen MR) is 171 cm³/mol. The van der Waals surface area contributed by atoms with E-state index in [-0.39, 0.29) is 47.4 Å². The molecule has 0 unspecified atom stereocenters. The first-order valence-corrected chi connectivity index (χ1v) is 16.6. The highest BCUT2D eigenvalue weighted by molar-refractivity contribution is 5.94. The maximum Gasteiger partial charge on any atom is 0.321 e. The van der Waals surface area contributed by atoms with Crippen LogP contribution < -0.4 is 10.1 Å². The monoisotopic (exact) mass is 627 g/mol. The van der Waals surface area contributed by atoms with Gasteiger partial charge in [0.25, 0.3) is 5.91 Å². The molecule has 46 heavy (non-hydrogen) atoms. The number of piperidine rings is 1. The Bertz CT molecular complexity index is 1550. The summed E-state index contributed by atoms with van der Waals surface area (Å²) < 4.78 is 26.1. The number of urea groups is 1. The van der Waals surface area contributed by atoms with Gasteiger partial charge in [0.05, 0.1) is 6.04 Å². The summed E-state index contributed by atoms with van der Waals surface area (Å²) in [6, 6.07) is 19.3. The van der Waals surface area contributed by atoms with Crippen molar-refractivity contribution >= 4 is 11.9 Å². The molecule has 3 saturated heterocycles. The van der Waals surface area contributed by atoms with E-state index in [0.29, 0.717) is 19.1 Å². The van der Waals surface area contributed by atoms with Gasteiger partial charge >= 0.3 is 6.03 Å². The molecular formula is C36H42FN5O4. The number of carbonyl (C=O) groups is 2. The number of amides is 3. The Morgan fingerprint density at radius 3 is 2.43 bits per heavy atom. The summed E-state index contributed by atoms with van der Waals surface area (Å²) in [6.07, 6.45) is 5.57. The topological polar surface area (TPSA) is 87.2 Å². The molecule has 3 aliphatic heterocycles. The summed E-state index contributed by atoms with van der Waals surface area (Å²) in [4.78, 5) is 37.5. The van der Waals surface area contributed by atoms with Crippen LogP contribution in [0.2, 0.25) is 0 Å². The Morgan fingerprint density at radius 1 is 0.978 bits per heavy atom. The van der Waals surface area contributed by atoms with E-state index in [9.17, 15) is 14.0 Å². The van der Waals surface area contributed by atoms with Gasteiger partial charge in [-0.15, -0.1) is 0 Å². The number of aromatic nitrogens is 1. The summed E-state index contributed by atoms with van der Waals surface area (Å²) in [6.45, 7) is 6.62. The Labute approximate surface area is 269 Å². The number of carbonyl (C=O) groups excluding carboxylic acids is 2. The number of nitrogens with one attached hydrogen (secondary N) is 1. The Balaban J connectivity index is 0.967. The lowest BCUT2D eigenvalue weighted by Gasteiger charge is -2.39. The molecule has 4 heterocycles. The van der Waals surface area contributed by atoms with Gasteiger partial charge in [0.1, 0.15) is 0 Å². The van der Waals surface area contributed by atoms with Crippen LogP contribution in [0.15, 0.2) is 60.7 Å². The SMILES string of the molecule is Cc1nc(Oc2ccc(C(=O)NC3CC3)cc2F)ccc1CN1CCC(N2C(=O)N(C3CCOCC3)C[C@H]2c2ccccc2)CC1. The molecule has 0 bridgehead atoms. The van der Waals surface area contributed by atoms with Gasteiger partial charge in [0.2, 0.25) is 5.88 Å². The highest BCUT2D eigenvalue weighted by Crippen LogP contribution is 2.37. The van der Waals surface area contributed by atoms with E-state index in [4.69, 9.17) is 9.47 Å². The van der Waals surface area contributed by atoms with Crippen LogP contribution in [0, 0.1) is 12.7 Å². The van der Waals surface area contributed by atoms with E-state index in [2.05, 4.69) is 49.3 Å². The quantitative estimate of drug-likeness (QED) is 0.321. The number of halogens is 1. The van der Waals surface area contributed by atoms with Gasteiger partial charge in [-0.2, -0.15) is 0 Å². The lowest BCUT2D eigenvalue weighted by Crippen LogP contribution is -2.48. The fraction of sp³-hybridized carbons (Fsp3) is 0.472. The second-order valence-corrected chi connectivity index (χ2v) is 13.0. The van der Waals surface area contributed by atoms with Gasteiger partial charge < -0.3 is 24.6 Å². The molecule has 10 heteroatoms. The molecule has 0 radical (unpaired) electrons. The van der Waals surface area contributed by atoms with Crippen molar-refractivity contribution in [2.24, 2.45) is 0 Å². The van der Waals surface area contributed by atoms with Crippen molar-refractivity contribution in [1.29, 1.82) is 0 Å². The van der Waals surface area contributed by atoms with Crippen LogP contribution in [0.1, 0.15) is 71.7 Å². The van der Waals surface area contributed by atoms with E-state index >= 15 is 0 Å². The van der Waals surface area contributed by atoms with Gasteiger partial charge in [0, 0.05) is 74.8 Å². The predicted octanol–water partition coefficient (Wildman–Crippen LogP) is 5.84. The number of rotatable bonds is 9. The van der Waals surface area contributed by atoms with Crippen LogP contribution in [-0.2, 0) is 11.3 Å². The third-order valence-corrected chi connectivity index (χ3v) is 9.82. The molecule has 0 spiro atoms. The molecule has 3 amide bonds. The van der Waals surface area contributed by atoms with E-state index in [0.717, 1.165) is 76.0 Å². The van der Waals surface area contributed by atoms with Crippen molar-refractivity contribution in [3.8, 4) is 11.6 Å². The number of likely N-dealkylation sites (tertiary alicyclic amines) is 1. The van der Waals surface area contributed by atoms with Gasteiger partial charge in [-0.05, 0) is 74.8 Å². The highest BCUT2D eigenvalue weighted by atomic mass is 19.1. The lowest BCUT2D eigenvalue weighted by molar-refractivity contribution is 0.0493. The first-order chi connectivity index (χ1) is 22.4. The van der Waals surface area contributed by atoms with Crippen LogP contribution >= 0.6 is 0 Å². The largest absolute Gasteiger partial charge is 0.436 e. The van der Waals surface area contributed by atoms with Crippen LogP contribution in [0.4, 0.5) is 9.18 Å². The van der Waals surface area contributed by atoms with Gasteiger partial charge in [-0.3, -0.25) is 9.69 Å². The molecule has 1 saturated carbocycles. The van der Waals surface area contributed by atoms with Gasteiger partial charge in [-0.25, -0.2) is 14.2 Å². The smallest absolute Gasteiger partial charge is 0.321 e. The minimum atomic E-state index is -0.600. The van der Waals surface area contributed by atoms with Gasteiger partial charge in [-0.1, -0.05) is 36.4 Å². The minimum absolute atomic E-state index is 0.0327. The zero-order valence-electron chi connectivity index (χ0n) is 26.4. The highest BCUT2D eigenvalue weighted by Gasteiger charge is 2.45. The molecule has 2 aromatic carbocycles. The van der Waals surface area contributed by atoms with E-state index in [1.807, 2.05) is 19.1 Å². The van der Waals surface area contributed by atoms with E-state index in [1.165, 1.54) is 17.7 Å². The molecular weight excluding hydrogens is 585 g/mol. The van der Waals surface area contributed by atoms with E-state index < -0.39 is 5.82 Å². The van der Waals surface area contributed by atoms with Crippen molar-refractivity contribution in [3.63, 3.8) is 0 Å². The zero-order chi connectivity index (χ0) is 31.6. The number of hydrogen-bond acceptors (Lipinski definition) is 6. The number of hydrogen-bond donors (Lipinski definition) is 1. The number of nitrogens with zero attached hydrogens (tertiary/aromatic N) is 4. The summed E-state index contributed by atoms with van der Waals surface area (Å²) in [5.41, 5.74) is 3.39. The second kappa shape index (κ2) is 13.4. The molecule has 242 valence electrons. The van der Waals surface area contributed by atoms with Crippen molar-refractivity contribution in [1.82, 2.24) is 25.0 Å². The number of pyridine rings is 1. The molecule has 1 aliphatic carbocycles. The minimum Gasteiger partial charge on any atom is -0.436 e. The molecule has 3 aromatic rings. The van der Waals surface area contributed by atoms with Crippen molar-refractivity contribution in [2.45, 2.75) is 76.2 Å². The Hall–Kier alpha value is -4.02. The summed E-state index contributed by atoms with van der Waals surface area (Å²) in [7, 11) is 0. The first-order valence-electron chi connectivity index (χ1n) is 16.6. The number of ether oxygens (including phenoxy) is 2. The lowest BCUT2D eigenvalue weighted by atomic mass is 9.98. The van der Waals surface area contributed by atoms with Crippen molar-refractivity contribution in [2.75, 3.05) is 32.8 Å². The average Bonchev–Trinajstić information content (AvgIpc) is 3.83. The molecule has 9 nitrogen and oxygen atoms in total. The Kier molecular flexibility index (Phi) is 8.90.